The molecule has 3 rings (SSSR count). The van der Waals surface area contributed by atoms with E-state index in [4.69, 9.17) is 14.2 Å². The summed E-state index contributed by atoms with van der Waals surface area (Å²) >= 11 is 0. The zero-order chi connectivity index (χ0) is 26.4. The Balaban J connectivity index is 2.13. The molecule has 0 aromatic heterocycles. The van der Waals surface area contributed by atoms with Gasteiger partial charge in [0.1, 0.15) is 23.0 Å². The largest absolute Gasteiger partial charge is 0.507 e. The first-order valence-electron chi connectivity index (χ1n) is 12.1. The highest BCUT2D eigenvalue weighted by atomic mass is 16.5. The first kappa shape index (κ1) is 27.1. The minimum absolute atomic E-state index is 0.0225. The molecule has 1 saturated heterocycles. The number of ketones is 1. The number of Topliss-reactive ketones (excluding diaryl/α,β-unsaturated/α-hetero) is 1. The molecule has 8 heteroatoms. The average molecular weight is 497 g/mol. The molecule has 0 radical (unpaired) electrons. The molecule has 1 aliphatic rings. The lowest BCUT2D eigenvalue weighted by molar-refractivity contribution is -0.139. The molecule has 2 aromatic carbocycles. The molecule has 0 spiro atoms. The van der Waals surface area contributed by atoms with Gasteiger partial charge >= 0.3 is 0 Å². The SMILES string of the molecule is COc1ccc(/C(O)=C2\C(=O)C(=O)N(CCCN(C)C)C2c2cccc(OCC(C)C)c2)c(OC)c1. The van der Waals surface area contributed by atoms with Crippen molar-refractivity contribution in [3.05, 3.63) is 59.2 Å². The van der Waals surface area contributed by atoms with Crippen LogP contribution in [0.25, 0.3) is 5.76 Å². The molecule has 1 heterocycles. The van der Waals surface area contributed by atoms with Crippen molar-refractivity contribution in [3.63, 3.8) is 0 Å². The van der Waals surface area contributed by atoms with Crippen LogP contribution in [0.4, 0.5) is 0 Å². The number of amides is 1. The van der Waals surface area contributed by atoms with Crippen LogP contribution in [0.2, 0.25) is 0 Å². The third-order valence-corrected chi connectivity index (χ3v) is 5.97. The monoisotopic (exact) mass is 496 g/mol. The van der Waals surface area contributed by atoms with E-state index in [0.29, 0.717) is 53.9 Å². The van der Waals surface area contributed by atoms with E-state index in [-0.39, 0.29) is 11.3 Å². The highest BCUT2D eigenvalue weighted by Crippen LogP contribution is 2.42. The Labute approximate surface area is 213 Å². The number of ether oxygens (including phenoxy) is 3. The second-order valence-electron chi connectivity index (χ2n) is 9.49. The fourth-order valence-corrected chi connectivity index (χ4v) is 4.19. The maximum atomic E-state index is 13.3. The van der Waals surface area contributed by atoms with Gasteiger partial charge in [-0.25, -0.2) is 0 Å². The zero-order valence-corrected chi connectivity index (χ0v) is 21.9. The maximum Gasteiger partial charge on any atom is 0.295 e. The van der Waals surface area contributed by atoms with Crippen molar-refractivity contribution >= 4 is 17.4 Å². The maximum absolute atomic E-state index is 13.3. The van der Waals surface area contributed by atoms with E-state index in [1.54, 1.807) is 18.2 Å². The molecule has 1 aliphatic heterocycles. The van der Waals surface area contributed by atoms with Gasteiger partial charge in [-0.1, -0.05) is 26.0 Å². The summed E-state index contributed by atoms with van der Waals surface area (Å²) in [5.74, 6) is 0.198. The quantitative estimate of drug-likeness (QED) is 0.285. The molecule has 0 saturated carbocycles. The molecule has 1 N–H and O–H groups in total. The molecule has 1 fully saturated rings. The van der Waals surface area contributed by atoms with Crippen LogP contribution in [0.15, 0.2) is 48.0 Å². The standard InChI is InChI=1S/C28H36N2O6/c1-18(2)17-36-21-10-7-9-19(15-21)25-24(27(32)28(33)30(25)14-8-13-29(3)4)26(31)22-12-11-20(34-5)16-23(22)35-6/h7,9-12,15-16,18,25,31H,8,13-14,17H2,1-6H3/b26-24+. The van der Waals surface area contributed by atoms with Gasteiger partial charge in [0.05, 0.1) is 38.0 Å². The summed E-state index contributed by atoms with van der Waals surface area (Å²) in [5.41, 5.74) is 1.02. The van der Waals surface area contributed by atoms with Crippen LogP contribution in [-0.2, 0) is 9.59 Å². The first-order valence-corrected chi connectivity index (χ1v) is 12.1. The van der Waals surface area contributed by atoms with Crippen LogP contribution in [0.1, 0.15) is 37.4 Å². The molecule has 36 heavy (non-hydrogen) atoms. The Morgan fingerprint density at radius 2 is 1.81 bits per heavy atom. The van der Waals surface area contributed by atoms with Gasteiger partial charge in [-0.15, -0.1) is 0 Å². The number of carbonyl (C=O) groups is 2. The molecule has 1 amide bonds. The number of benzene rings is 2. The lowest BCUT2D eigenvalue weighted by Gasteiger charge is -2.26. The zero-order valence-electron chi connectivity index (χ0n) is 21.9. The minimum Gasteiger partial charge on any atom is -0.507 e. The van der Waals surface area contributed by atoms with Crippen LogP contribution >= 0.6 is 0 Å². The lowest BCUT2D eigenvalue weighted by Crippen LogP contribution is -2.32. The number of likely N-dealkylation sites (tertiary alicyclic amines) is 1. The Morgan fingerprint density at radius 3 is 2.44 bits per heavy atom. The molecular weight excluding hydrogens is 460 g/mol. The molecule has 0 aliphatic carbocycles. The van der Waals surface area contributed by atoms with Crippen LogP contribution in [0.5, 0.6) is 17.2 Å². The van der Waals surface area contributed by atoms with Crippen molar-refractivity contribution in [1.82, 2.24) is 9.80 Å². The summed E-state index contributed by atoms with van der Waals surface area (Å²) in [7, 11) is 6.91. The number of rotatable bonds is 11. The van der Waals surface area contributed by atoms with Crippen molar-refractivity contribution in [3.8, 4) is 17.2 Å². The van der Waals surface area contributed by atoms with E-state index >= 15 is 0 Å². The van der Waals surface area contributed by atoms with Gasteiger partial charge in [0.25, 0.3) is 11.7 Å². The lowest BCUT2D eigenvalue weighted by atomic mass is 9.94. The van der Waals surface area contributed by atoms with Crippen LogP contribution in [0.3, 0.4) is 0 Å². The van der Waals surface area contributed by atoms with Crippen molar-refractivity contribution in [1.29, 1.82) is 0 Å². The predicted octanol–water partition coefficient (Wildman–Crippen LogP) is 4.11. The summed E-state index contributed by atoms with van der Waals surface area (Å²) < 4.78 is 16.6. The Hall–Kier alpha value is -3.52. The highest BCUT2D eigenvalue weighted by molar-refractivity contribution is 6.46. The second-order valence-corrected chi connectivity index (χ2v) is 9.49. The van der Waals surface area contributed by atoms with Crippen LogP contribution in [-0.4, -0.2) is 74.6 Å². The van der Waals surface area contributed by atoms with E-state index < -0.39 is 17.7 Å². The molecule has 8 nitrogen and oxygen atoms in total. The fourth-order valence-electron chi connectivity index (χ4n) is 4.19. The van der Waals surface area contributed by atoms with Gasteiger partial charge in [0.15, 0.2) is 0 Å². The van der Waals surface area contributed by atoms with Gasteiger partial charge in [-0.2, -0.15) is 0 Å². The topological polar surface area (TPSA) is 88.5 Å². The summed E-state index contributed by atoms with van der Waals surface area (Å²) in [6.07, 6.45) is 0.673. The van der Waals surface area contributed by atoms with E-state index in [1.807, 2.05) is 43.3 Å². The van der Waals surface area contributed by atoms with Gasteiger partial charge in [0, 0.05) is 12.6 Å². The van der Waals surface area contributed by atoms with Gasteiger partial charge in [-0.3, -0.25) is 9.59 Å². The number of methoxy groups -OCH3 is 2. The third-order valence-electron chi connectivity index (χ3n) is 5.97. The number of aliphatic hydroxyl groups excluding tert-OH is 1. The summed E-state index contributed by atoms with van der Waals surface area (Å²) in [6.45, 7) is 5.77. The molecule has 1 atom stereocenters. The molecule has 2 aromatic rings. The van der Waals surface area contributed by atoms with Crippen molar-refractivity contribution in [2.75, 3.05) is 48.0 Å². The summed E-state index contributed by atoms with van der Waals surface area (Å²) in [6, 6.07) is 11.5. The van der Waals surface area contributed by atoms with E-state index in [2.05, 4.69) is 13.8 Å². The predicted molar refractivity (Wildman–Crippen MR) is 139 cm³/mol. The second kappa shape index (κ2) is 11.9. The number of carbonyl (C=O) groups excluding carboxylic acids is 2. The Kier molecular flexibility index (Phi) is 8.98. The van der Waals surface area contributed by atoms with E-state index in [0.717, 1.165) is 6.54 Å². The highest BCUT2D eigenvalue weighted by Gasteiger charge is 2.46. The summed E-state index contributed by atoms with van der Waals surface area (Å²) in [4.78, 5) is 30.1. The molecule has 1 unspecified atom stereocenters. The Bertz CT molecular complexity index is 1120. The molecule has 0 bridgehead atoms. The van der Waals surface area contributed by atoms with Crippen molar-refractivity contribution in [2.45, 2.75) is 26.3 Å². The fraction of sp³-hybridized carbons (Fsp3) is 0.429. The Morgan fingerprint density at radius 1 is 1.06 bits per heavy atom. The van der Waals surface area contributed by atoms with Gasteiger partial charge in [0.2, 0.25) is 0 Å². The smallest absolute Gasteiger partial charge is 0.295 e. The van der Waals surface area contributed by atoms with Crippen molar-refractivity contribution in [2.24, 2.45) is 5.92 Å². The van der Waals surface area contributed by atoms with Crippen LogP contribution in [0, 0.1) is 5.92 Å². The molecular formula is C28H36N2O6. The van der Waals surface area contributed by atoms with Crippen molar-refractivity contribution < 1.29 is 28.9 Å². The number of hydrogen-bond acceptors (Lipinski definition) is 7. The minimum atomic E-state index is -0.762. The van der Waals surface area contributed by atoms with E-state index in [1.165, 1.54) is 19.1 Å². The van der Waals surface area contributed by atoms with E-state index in [9.17, 15) is 14.7 Å². The third kappa shape index (κ3) is 5.99. The van der Waals surface area contributed by atoms with Gasteiger partial charge in [-0.05, 0) is 62.8 Å². The molecule has 194 valence electrons. The normalized spacial score (nSPS) is 17.2. The average Bonchev–Trinajstić information content (AvgIpc) is 3.11. The number of nitrogens with zero attached hydrogens (tertiary/aromatic N) is 2. The summed E-state index contributed by atoms with van der Waals surface area (Å²) in [5, 5.41) is 11.4. The first-order chi connectivity index (χ1) is 17.2. The number of aliphatic hydroxyl groups is 1. The van der Waals surface area contributed by atoms with Crippen LogP contribution < -0.4 is 14.2 Å². The van der Waals surface area contributed by atoms with Gasteiger partial charge < -0.3 is 29.1 Å². The number of hydrogen-bond donors (Lipinski definition) is 1.